The van der Waals surface area contributed by atoms with Crippen molar-refractivity contribution in [2.75, 3.05) is 19.0 Å². The Balaban J connectivity index is 1.99. The number of anilines is 1. The summed E-state index contributed by atoms with van der Waals surface area (Å²) in [4.78, 5) is 26.9. The maximum atomic E-state index is 11.5. The van der Waals surface area contributed by atoms with Crippen molar-refractivity contribution in [3.05, 3.63) is 23.4 Å². The summed E-state index contributed by atoms with van der Waals surface area (Å²) in [6.07, 6.45) is 2.62. The summed E-state index contributed by atoms with van der Waals surface area (Å²) in [7, 11) is 1.33. The normalized spacial score (nSPS) is 21.0. The molecule has 2 atom stereocenters. The third kappa shape index (κ3) is 3.51. The Morgan fingerprint density at radius 3 is 2.81 bits per heavy atom. The molecule has 0 aromatic carbocycles. The molecule has 0 bridgehead atoms. The summed E-state index contributed by atoms with van der Waals surface area (Å²) in [6, 6.07) is 3.38. The standard InChI is InChI=1S/C15H20N2O4/c1-9-11(15(20)21-2)6-7-13(17-9)16-8-10-4-3-5-12(10)14(18)19/h6-7,10,12H,3-5,8H2,1-2H3,(H,16,17)(H,18,19). The van der Waals surface area contributed by atoms with E-state index >= 15 is 0 Å². The summed E-state index contributed by atoms with van der Waals surface area (Å²) in [6.45, 7) is 2.33. The molecule has 1 aromatic heterocycles. The number of methoxy groups -OCH3 is 1. The molecule has 1 saturated carbocycles. The third-order valence-corrected chi connectivity index (χ3v) is 4.01. The lowest BCUT2D eigenvalue weighted by molar-refractivity contribution is -0.142. The Morgan fingerprint density at radius 1 is 1.43 bits per heavy atom. The quantitative estimate of drug-likeness (QED) is 0.808. The van der Waals surface area contributed by atoms with Crippen LogP contribution >= 0.6 is 0 Å². The molecule has 0 saturated heterocycles. The number of aryl methyl sites for hydroxylation is 1. The van der Waals surface area contributed by atoms with Crippen LogP contribution in [0.3, 0.4) is 0 Å². The molecular formula is C15H20N2O4. The van der Waals surface area contributed by atoms with Crippen LogP contribution in [0.5, 0.6) is 0 Å². The number of carbonyl (C=O) groups is 2. The predicted octanol–water partition coefficient (Wildman–Crippen LogP) is 2.09. The van der Waals surface area contributed by atoms with Gasteiger partial charge in [-0.3, -0.25) is 4.79 Å². The Hall–Kier alpha value is -2.11. The second-order valence-electron chi connectivity index (χ2n) is 5.34. The number of carboxylic acids is 1. The lowest BCUT2D eigenvalue weighted by Gasteiger charge is -2.17. The maximum absolute atomic E-state index is 11.5. The molecule has 0 radical (unpaired) electrons. The zero-order chi connectivity index (χ0) is 15.4. The van der Waals surface area contributed by atoms with Crippen LogP contribution in [0.2, 0.25) is 0 Å². The first-order valence-electron chi connectivity index (χ1n) is 7.05. The molecule has 21 heavy (non-hydrogen) atoms. The molecule has 6 nitrogen and oxygen atoms in total. The van der Waals surface area contributed by atoms with Gasteiger partial charge in [-0.15, -0.1) is 0 Å². The van der Waals surface area contributed by atoms with E-state index in [4.69, 9.17) is 5.11 Å². The van der Waals surface area contributed by atoms with Crippen LogP contribution in [0.1, 0.15) is 35.3 Å². The van der Waals surface area contributed by atoms with Crippen LogP contribution in [0.15, 0.2) is 12.1 Å². The van der Waals surface area contributed by atoms with Crippen molar-refractivity contribution in [2.45, 2.75) is 26.2 Å². The zero-order valence-corrected chi connectivity index (χ0v) is 12.3. The van der Waals surface area contributed by atoms with Gasteiger partial charge in [0.1, 0.15) is 5.82 Å². The maximum Gasteiger partial charge on any atom is 0.339 e. The second-order valence-corrected chi connectivity index (χ2v) is 5.34. The van der Waals surface area contributed by atoms with E-state index in [1.54, 1.807) is 19.1 Å². The number of carboxylic acid groups (broad SMARTS) is 1. The average Bonchev–Trinajstić information content (AvgIpc) is 2.93. The number of carbonyl (C=O) groups excluding carboxylic acids is 1. The molecule has 1 aliphatic rings. The largest absolute Gasteiger partial charge is 0.481 e. The number of nitrogens with one attached hydrogen (secondary N) is 1. The van der Waals surface area contributed by atoms with Gasteiger partial charge in [0.25, 0.3) is 0 Å². The molecule has 0 aliphatic heterocycles. The Bertz CT molecular complexity index is 544. The van der Waals surface area contributed by atoms with Crippen molar-refractivity contribution >= 4 is 17.8 Å². The lowest BCUT2D eigenvalue weighted by Crippen LogP contribution is -2.24. The summed E-state index contributed by atoms with van der Waals surface area (Å²) >= 11 is 0. The molecule has 1 fully saturated rings. The summed E-state index contributed by atoms with van der Waals surface area (Å²) in [5, 5.41) is 12.3. The molecule has 0 spiro atoms. The van der Waals surface area contributed by atoms with Crippen molar-refractivity contribution in [2.24, 2.45) is 11.8 Å². The molecule has 2 rings (SSSR count). The fourth-order valence-electron chi connectivity index (χ4n) is 2.83. The highest BCUT2D eigenvalue weighted by Crippen LogP contribution is 2.32. The van der Waals surface area contributed by atoms with E-state index in [2.05, 4.69) is 15.0 Å². The number of hydrogen-bond donors (Lipinski definition) is 2. The van der Waals surface area contributed by atoms with Gasteiger partial charge in [0.15, 0.2) is 0 Å². The van der Waals surface area contributed by atoms with E-state index < -0.39 is 11.9 Å². The van der Waals surface area contributed by atoms with Gasteiger partial charge in [-0.2, -0.15) is 0 Å². The van der Waals surface area contributed by atoms with Crippen LogP contribution in [0, 0.1) is 18.8 Å². The molecule has 2 N–H and O–H groups in total. The van der Waals surface area contributed by atoms with Crippen LogP contribution in [0.4, 0.5) is 5.82 Å². The SMILES string of the molecule is COC(=O)c1ccc(NCC2CCCC2C(=O)O)nc1C. The van der Waals surface area contributed by atoms with Gasteiger partial charge in [0.05, 0.1) is 24.3 Å². The van der Waals surface area contributed by atoms with Crippen LogP contribution < -0.4 is 5.32 Å². The van der Waals surface area contributed by atoms with Crippen molar-refractivity contribution in [1.82, 2.24) is 4.98 Å². The highest BCUT2D eigenvalue weighted by atomic mass is 16.5. The first kappa shape index (κ1) is 15.3. The first-order valence-corrected chi connectivity index (χ1v) is 7.05. The number of pyridine rings is 1. The summed E-state index contributed by atoms with van der Waals surface area (Å²) in [5.41, 5.74) is 1.03. The Morgan fingerprint density at radius 2 is 2.19 bits per heavy atom. The van der Waals surface area contributed by atoms with E-state index in [9.17, 15) is 9.59 Å². The first-order chi connectivity index (χ1) is 10.0. The lowest BCUT2D eigenvalue weighted by atomic mass is 9.96. The monoisotopic (exact) mass is 292 g/mol. The van der Waals surface area contributed by atoms with Crippen LogP contribution in [-0.4, -0.2) is 35.7 Å². The van der Waals surface area contributed by atoms with Gasteiger partial charge in [-0.1, -0.05) is 6.42 Å². The van der Waals surface area contributed by atoms with Crippen molar-refractivity contribution in [3.63, 3.8) is 0 Å². The molecule has 114 valence electrons. The number of hydrogen-bond acceptors (Lipinski definition) is 5. The van der Waals surface area contributed by atoms with Crippen LogP contribution in [-0.2, 0) is 9.53 Å². The van der Waals surface area contributed by atoms with Gasteiger partial charge < -0.3 is 15.2 Å². The average molecular weight is 292 g/mol. The fraction of sp³-hybridized carbons (Fsp3) is 0.533. The topological polar surface area (TPSA) is 88.5 Å². The number of rotatable bonds is 5. The van der Waals surface area contributed by atoms with Crippen LogP contribution in [0.25, 0.3) is 0 Å². The van der Waals surface area contributed by atoms with Gasteiger partial charge in [0, 0.05) is 6.54 Å². The van der Waals surface area contributed by atoms with E-state index in [0.717, 1.165) is 19.3 Å². The minimum Gasteiger partial charge on any atom is -0.481 e. The third-order valence-electron chi connectivity index (χ3n) is 4.01. The van der Waals surface area contributed by atoms with Gasteiger partial charge in [-0.05, 0) is 37.8 Å². The molecule has 1 aromatic rings. The summed E-state index contributed by atoms with van der Waals surface area (Å²) < 4.78 is 4.67. The molecular weight excluding hydrogens is 272 g/mol. The highest BCUT2D eigenvalue weighted by Gasteiger charge is 2.32. The molecule has 1 aliphatic carbocycles. The minimum absolute atomic E-state index is 0.130. The zero-order valence-electron chi connectivity index (χ0n) is 12.3. The van der Waals surface area contributed by atoms with E-state index in [1.165, 1.54) is 7.11 Å². The minimum atomic E-state index is -0.718. The number of ether oxygens (including phenoxy) is 1. The van der Waals surface area contributed by atoms with Crippen molar-refractivity contribution in [3.8, 4) is 0 Å². The van der Waals surface area contributed by atoms with Gasteiger partial charge in [0.2, 0.25) is 0 Å². The molecule has 6 heteroatoms. The van der Waals surface area contributed by atoms with Crippen molar-refractivity contribution < 1.29 is 19.4 Å². The van der Waals surface area contributed by atoms with Crippen molar-refractivity contribution in [1.29, 1.82) is 0 Å². The Labute approximate surface area is 123 Å². The number of nitrogens with zero attached hydrogens (tertiary/aromatic N) is 1. The van der Waals surface area contributed by atoms with E-state index in [1.807, 2.05) is 0 Å². The van der Waals surface area contributed by atoms with Gasteiger partial charge >= 0.3 is 11.9 Å². The number of aliphatic carboxylic acids is 1. The second kappa shape index (κ2) is 6.56. The molecule has 1 heterocycles. The van der Waals surface area contributed by atoms with Gasteiger partial charge in [-0.25, -0.2) is 9.78 Å². The Kier molecular flexibility index (Phi) is 4.77. The number of aromatic nitrogens is 1. The van der Waals surface area contributed by atoms with E-state index in [0.29, 0.717) is 23.6 Å². The smallest absolute Gasteiger partial charge is 0.339 e. The summed E-state index contributed by atoms with van der Waals surface area (Å²) in [5.74, 6) is -0.619. The predicted molar refractivity (Wildman–Crippen MR) is 77.3 cm³/mol. The highest BCUT2D eigenvalue weighted by molar-refractivity contribution is 5.90. The fourth-order valence-corrected chi connectivity index (χ4v) is 2.83. The molecule has 2 unspecified atom stereocenters. The number of esters is 1. The molecule has 0 amide bonds. The van der Waals surface area contributed by atoms with E-state index in [-0.39, 0.29) is 11.8 Å².